The maximum atomic E-state index is 11.4. The molecule has 2 rings (SSSR count). The molecule has 0 radical (unpaired) electrons. The van der Waals surface area contributed by atoms with E-state index in [2.05, 4.69) is 9.97 Å². The van der Waals surface area contributed by atoms with E-state index in [9.17, 15) is 14.2 Å². The number of hydrogen-bond donors (Lipinski definition) is 4. The summed E-state index contributed by atoms with van der Waals surface area (Å²) >= 11 is 0. The molecule has 0 atom stereocenters. The highest BCUT2D eigenvalue weighted by Gasteiger charge is 2.13. The average Bonchev–Trinajstić information content (AvgIpc) is 2.60. The molecule has 0 aliphatic carbocycles. The van der Waals surface area contributed by atoms with Crippen LogP contribution in [0, 0.1) is 0 Å². The zero-order valence-electron chi connectivity index (χ0n) is 9.16. The highest BCUT2D eigenvalue weighted by molar-refractivity contribution is 7.51. The summed E-state index contributed by atoms with van der Waals surface area (Å²) in [6.45, 7) is 0.251. The zero-order valence-corrected chi connectivity index (χ0v) is 10.1. The van der Waals surface area contributed by atoms with Crippen molar-refractivity contribution in [1.29, 1.82) is 0 Å². The molecular formula is C8H11N4O5P. The number of nitrogens with zero attached hydrogens (tertiary/aromatic N) is 2. The van der Waals surface area contributed by atoms with E-state index in [4.69, 9.17) is 9.79 Å². The number of aromatic amines is 2. The summed E-state index contributed by atoms with van der Waals surface area (Å²) in [6, 6.07) is 0. The highest BCUT2D eigenvalue weighted by atomic mass is 31.2. The lowest BCUT2D eigenvalue weighted by atomic mass is 10.4. The molecule has 0 spiro atoms. The van der Waals surface area contributed by atoms with Crippen LogP contribution in [0.4, 0.5) is 0 Å². The van der Waals surface area contributed by atoms with Gasteiger partial charge >= 0.3 is 13.3 Å². The number of aryl methyl sites for hydroxylation is 1. The fraction of sp³-hybridized carbons (Fsp3) is 0.375. The molecule has 10 heteroatoms. The lowest BCUT2D eigenvalue weighted by Gasteiger charge is -2.05. The Labute approximate surface area is 99.7 Å². The van der Waals surface area contributed by atoms with Gasteiger partial charge in [0.25, 0.3) is 5.56 Å². The highest BCUT2D eigenvalue weighted by Crippen LogP contribution is 2.34. The number of nitrogens with one attached hydrogen (secondary N) is 2. The molecule has 98 valence electrons. The Hall–Kier alpha value is -1.70. The molecule has 0 unspecified atom stereocenters. The van der Waals surface area contributed by atoms with Gasteiger partial charge in [0.05, 0.1) is 12.5 Å². The second-order valence-corrected chi connectivity index (χ2v) is 5.56. The van der Waals surface area contributed by atoms with Crippen molar-refractivity contribution in [2.75, 3.05) is 6.16 Å². The minimum atomic E-state index is -4.04. The Morgan fingerprint density at radius 3 is 2.72 bits per heavy atom. The third-order valence-electron chi connectivity index (χ3n) is 2.36. The Morgan fingerprint density at radius 2 is 2.06 bits per heavy atom. The minimum absolute atomic E-state index is 0.0887. The van der Waals surface area contributed by atoms with E-state index in [-0.39, 0.29) is 30.3 Å². The first-order valence-electron chi connectivity index (χ1n) is 5.09. The number of rotatable bonds is 4. The molecule has 0 aromatic carbocycles. The fourth-order valence-electron chi connectivity index (χ4n) is 1.60. The standard InChI is InChI=1S/C8H11N4O5P/c13-7-5-6(10-8(14)11-7)12(4-9-5)2-1-3-18(15,16)17/h4H,1-3H2,(H2,15,16,17)(H2,10,11,13,14). The van der Waals surface area contributed by atoms with Gasteiger partial charge in [-0.3, -0.25) is 19.3 Å². The SMILES string of the molecule is O=c1[nH]c(=O)c2ncn(CCCP(=O)(O)O)c2[nH]1. The van der Waals surface area contributed by atoms with Gasteiger partial charge in [0, 0.05) is 6.54 Å². The smallest absolute Gasteiger partial charge is 0.324 e. The van der Waals surface area contributed by atoms with Crippen LogP contribution in [-0.2, 0) is 11.1 Å². The summed E-state index contributed by atoms with van der Waals surface area (Å²) in [6.07, 6.45) is 1.29. The van der Waals surface area contributed by atoms with E-state index in [1.165, 1.54) is 10.9 Å². The van der Waals surface area contributed by atoms with Crippen LogP contribution in [0.1, 0.15) is 6.42 Å². The van der Waals surface area contributed by atoms with E-state index >= 15 is 0 Å². The third-order valence-corrected chi connectivity index (χ3v) is 3.26. The first-order valence-corrected chi connectivity index (χ1v) is 6.88. The van der Waals surface area contributed by atoms with Crippen LogP contribution >= 0.6 is 7.60 Å². The van der Waals surface area contributed by atoms with Crippen LogP contribution in [0.25, 0.3) is 11.2 Å². The van der Waals surface area contributed by atoms with Gasteiger partial charge in [-0.2, -0.15) is 0 Å². The molecule has 0 aliphatic rings. The summed E-state index contributed by atoms with van der Waals surface area (Å²) in [5.41, 5.74) is -0.910. The van der Waals surface area contributed by atoms with Gasteiger partial charge in [-0.25, -0.2) is 9.78 Å². The summed E-state index contributed by atoms with van der Waals surface area (Å²) in [7, 11) is -4.04. The van der Waals surface area contributed by atoms with Crippen LogP contribution in [0.3, 0.4) is 0 Å². The molecule has 2 aromatic rings. The molecule has 0 fully saturated rings. The van der Waals surface area contributed by atoms with Crippen LogP contribution in [-0.4, -0.2) is 35.5 Å². The number of aromatic nitrogens is 4. The maximum absolute atomic E-state index is 11.4. The van der Waals surface area contributed by atoms with E-state index < -0.39 is 18.8 Å². The Balaban J connectivity index is 2.27. The van der Waals surface area contributed by atoms with Gasteiger partial charge < -0.3 is 14.4 Å². The van der Waals surface area contributed by atoms with Crippen LogP contribution in [0.15, 0.2) is 15.9 Å². The van der Waals surface area contributed by atoms with Gasteiger partial charge in [0.1, 0.15) is 5.65 Å². The van der Waals surface area contributed by atoms with Crippen LogP contribution in [0.2, 0.25) is 0 Å². The molecule has 2 heterocycles. The van der Waals surface area contributed by atoms with Crippen molar-refractivity contribution >= 4 is 18.8 Å². The quantitative estimate of drug-likeness (QED) is 0.526. The molecule has 0 saturated carbocycles. The Morgan fingerprint density at radius 1 is 1.33 bits per heavy atom. The summed E-state index contributed by atoms with van der Waals surface area (Å²) in [5.74, 6) is 0. The van der Waals surface area contributed by atoms with Gasteiger partial charge in [-0.15, -0.1) is 0 Å². The van der Waals surface area contributed by atoms with Crippen molar-refractivity contribution in [1.82, 2.24) is 19.5 Å². The lowest BCUT2D eigenvalue weighted by Crippen LogP contribution is -2.22. The zero-order chi connectivity index (χ0) is 13.3. The number of hydrogen-bond acceptors (Lipinski definition) is 4. The monoisotopic (exact) mass is 274 g/mol. The maximum Gasteiger partial charge on any atom is 0.327 e. The molecule has 18 heavy (non-hydrogen) atoms. The van der Waals surface area contributed by atoms with E-state index in [1.807, 2.05) is 4.98 Å². The molecule has 0 saturated heterocycles. The summed E-state index contributed by atoms with van der Waals surface area (Å²) in [5, 5.41) is 0. The van der Waals surface area contributed by atoms with Gasteiger partial charge in [0.15, 0.2) is 5.52 Å². The third kappa shape index (κ3) is 2.76. The molecule has 2 aromatic heterocycles. The van der Waals surface area contributed by atoms with E-state index in [0.29, 0.717) is 0 Å². The van der Waals surface area contributed by atoms with Crippen molar-refractivity contribution in [3.63, 3.8) is 0 Å². The molecular weight excluding hydrogens is 263 g/mol. The Kier molecular flexibility index (Phi) is 3.20. The number of H-pyrrole nitrogens is 2. The van der Waals surface area contributed by atoms with Gasteiger partial charge in [-0.05, 0) is 6.42 Å². The average molecular weight is 274 g/mol. The van der Waals surface area contributed by atoms with Crippen LogP contribution < -0.4 is 11.2 Å². The van der Waals surface area contributed by atoms with Crippen molar-refractivity contribution in [3.8, 4) is 0 Å². The first kappa shape index (κ1) is 12.7. The minimum Gasteiger partial charge on any atom is -0.324 e. The van der Waals surface area contributed by atoms with E-state index in [1.54, 1.807) is 0 Å². The largest absolute Gasteiger partial charge is 0.327 e. The van der Waals surface area contributed by atoms with Crippen molar-refractivity contribution < 1.29 is 14.4 Å². The number of imidazole rings is 1. The normalized spacial score (nSPS) is 12.1. The lowest BCUT2D eigenvalue weighted by molar-refractivity contribution is 0.370. The molecule has 0 bridgehead atoms. The summed E-state index contributed by atoms with van der Waals surface area (Å²) in [4.78, 5) is 48.2. The molecule has 0 amide bonds. The Bertz CT molecular complexity index is 723. The predicted molar refractivity (Wildman–Crippen MR) is 62.5 cm³/mol. The molecule has 9 nitrogen and oxygen atoms in total. The summed E-state index contributed by atoms with van der Waals surface area (Å²) < 4.78 is 12.2. The predicted octanol–water partition coefficient (Wildman–Crippen LogP) is -1.02. The molecule has 4 N–H and O–H groups in total. The fourth-order valence-corrected chi connectivity index (χ4v) is 2.15. The van der Waals surface area contributed by atoms with Crippen molar-refractivity contribution in [2.24, 2.45) is 0 Å². The van der Waals surface area contributed by atoms with E-state index in [0.717, 1.165) is 0 Å². The van der Waals surface area contributed by atoms with Crippen molar-refractivity contribution in [3.05, 3.63) is 27.2 Å². The second-order valence-electron chi connectivity index (χ2n) is 3.79. The second kappa shape index (κ2) is 4.52. The topological polar surface area (TPSA) is 141 Å². The van der Waals surface area contributed by atoms with Gasteiger partial charge in [0.2, 0.25) is 0 Å². The molecule has 0 aliphatic heterocycles. The number of fused-ring (bicyclic) bond motifs is 1. The van der Waals surface area contributed by atoms with Gasteiger partial charge in [-0.1, -0.05) is 0 Å². The van der Waals surface area contributed by atoms with Crippen molar-refractivity contribution in [2.45, 2.75) is 13.0 Å². The van der Waals surface area contributed by atoms with Crippen LogP contribution in [0.5, 0.6) is 0 Å². The first-order chi connectivity index (χ1) is 8.37.